The second-order valence-electron chi connectivity index (χ2n) is 28.0. The Labute approximate surface area is 638 Å². The van der Waals surface area contributed by atoms with Crippen LogP contribution in [0.25, 0.3) is 11.0 Å². The first-order valence-electron chi connectivity index (χ1n) is 36.0. The van der Waals surface area contributed by atoms with E-state index < -0.39 is 29.2 Å². The second-order valence-corrected chi connectivity index (χ2v) is 31.7. The number of hydrogen-bond donors (Lipinski definition) is 2. The average Bonchev–Trinajstić information content (AvgIpc) is 0.993. The highest BCUT2D eigenvalue weighted by Crippen LogP contribution is 2.56. The van der Waals surface area contributed by atoms with Gasteiger partial charge < -0.3 is 85.8 Å². The molecule has 7 saturated heterocycles. The molecule has 564 valence electrons. The number of phenolic OH excluding ortho intramolecular Hbond substituents is 1. The highest BCUT2D eigenvalue weighted by molar-refractivity contribution is 9.11. The van der Waals surface area contributed by atoms with E-state index in [-0.39, 0.29) is 53.9 Å². The SMILES string of the molecule is C.C1=C(N2CCOCC2)CCC2(C1)OCCO2.O=C1CCC2(CC1)OCCO2.O=C1c2cc(Br)ccc2OC2CCC3(CC12)OCCO3.O=Cc1cc(Br)ccc1O.O=c1c2c(oc3ccc(Br)cc13)CCC1(C2)OCCO1.OC1c2cc(Br)ccc2OC2(N3CCOCC3)CCC3(CC12)OCCO3. The first-order valence-corrected chi connectivity index (χ1v) is 39.2. The van der Waals surface area contributed by atoms with E-state index in [0.717, 1.165) is 152 Å². The number of aryl methyl sites for hydroxylation is 1. The lowest BCUT2D eigenvalue weighted by Gasteiger charge is -2.57. The summed E-state index contributed by atoms with van der Waals surface area (Å²) in [4.78, 5) is 51.3. The van der Waals surface area contributed by atoms with Crippen LogP contribution >= 0.6 is 63.7 Å². The Bertz CT molecular complexity index is 3930. The number of carbonyl (C=O) groups excluding carboxylic acids is 3. The first-order chi connectivity index (χ1) is 49.9. The second kappa shape index (κ2) is 33.7. The minimum Gasteiger partial charge on any atom is -0.507 e. The number of benzene rings is 4. The molecule has 1 aromatic heterocycles. The van der Waals surface area contributed by atoms with E-state index in [9.17, 15) is 24.3 Å². The summed E-state index contributed by atoms with van der Waals surface area (Å²) in [6.45, 7) is 13.3. The number of phenols is 1. The molecule has 2 N–H and O–H groups in total. The molecule has 10 fully saturated rings. The van der Waals surface area contributed by atoms with Crippen LogP contribution in [0.5, 0.6) is 17.2 Å². The number of hydrogen-bond acceptors (Lipinski definition) is 23. The van der Waals surface area contributed by atoms with Crippen molar-refractivity contribution in [1.29, 1.82) is 0 Å². The third-order valence-corrected chi connectivity index (χ3v) is 23.9. The average molecular weight is 1700 g/mol. The van der Waals surface area contributed by atoms with E-state index in [1.165, 1.54) is 11.8 Å². The summed E-state index contributed by atoms with van der Waals surface area (Å²) in [5, 5.41) is 20.9. The van der Waals surface area contributed by atoms with Crippen molar-refractivity contribution >= 4 is 92.5 Å². The maximum Gasteiger partial charge on any atom is 0.196 e. The summed E-state index contributed by atoms with van der Waals surface area (Å²) in [5.41, 5.74) is 4.08. The molecular formula is C77H92Br4N2O21. The number of aliphatic hydroxyl groups excluding tert-OH is 1. The zero-order valence-electron chi connectivity index (χ0n) is 57.5. The van der Waals surface area contributed by atoms with Gasteiger partial charge in [0, 0.05) is 157 Å². The molecule has 104 heavy (non-hydrogen) atoms. The molecule has 3 saturated carbocycles. The number of halogens is 4. The number of allylic oxidation sites excluding steroid dienone is 1. The minimum atomic E-state index is -0.621. The molecule has 19 rings (SSSR count). The summed E-state index contributed by atoms with van der Waals surface area (Å²) in [6, 6.07) is 21.7. The van der Waals surface area contributed by atoms with Gasteiger partial charge in [-0.3, -0.25) is 24.1 Å². The van der Waals surface area contributed by atoms with Crippen molar-refractivity contribution in [2.45, 2.75) is 157 Å². The molecule has 5 atom stereocenters. The van der Waals surface area contributed by atoms with Gasteiger partial charge in [-0.2, -0.15) is 0 Å². The molecule has 5 aromatic rings. The Morgan fingerprint density at radius 2 is 1.09 bits per heavy atom. The molecule has 4 aromatic carbocycles. The van der Waals surface area contributed by atoms with Crippen LogP contribution in [-0.4, -0.2) is 197 Å². The molecule has 0 radical (unpaired) electrons. The molecule has 5 aliphatic carbocycles. The zero-order chi connectivity index (χ0) is 71.4. The van der Waals surface area contributed by atoms with Gasteiger partial charge in [0.25, 0.3) is 0 Å². The summed E-state index contributed by atoms with van der Waals surface area (Å²) < 4.78 is 90.2. The van der Waals surface area contributed by atoms with Crippen molar-refractivity contribution in [2.75, 3.05) is 119 Å². The number of ketones is 2. The van der Waals surface area contributed by atoms with Crippen LogP contribution < -0.4 is 14.9 Å². The monoisotopic (exact) mass is 1700 g/mol. The normalized spacial score (nSPS) is 27.5. The lowest BCUT2D eigenvalue weighted by molar-refractivity contribution is -0.275. The number of Topliss-reactive ketones (excluding diaryl/α,β-unsaturated/α-hetero) is 2. The fraction of sp³-hybridized carbons (Fsp3) is 0.584. The molecule has 0 amide bonds. The number of aromatic hydroxyl groups is 1. The van der Waals surface area contributed by atoms with Gasteiger partial charge in [0.1, 0.15) is 40.5 Å². The first kappa shape index (κ1) is 77.6. The Hall–Kier alpha value is -4.60. The van der Waals surface area contributed by atoms with Gasteiger partial charge in [0.15, 0.2) is 52.2 Å². The Morgan fingerprint density at radius 3 is 1.72 bits per heavy atom. The molecule has 0 bridgehead atoms. The number of ether oxygens (including phenoxy) is 14. The summed E-state index contributed by atoms with van der Waals surface area (Å²) >= 11 is 13.5. The van der Waals surface area contributed by atoms with Gasteiger partial charge in [-0.15, -0.1) is 0 Å². The van der Waals surface area contributed by atoms with Gasteiger partial charge in [0.2, 0.25) is 0 Å². The number of nitrogens with zero attached hydrogens (tertiary/aromatic N) is 2. The quantitative estimate of drug-likeness (QED) is 0.159. The van der Waals surface area contributed by atoms with Crippen LogP contribution in [0.3, 0.4) is 0 Å². The Kier molecular flexibility index (Phi) is 25.1. The largest absolute Gasteiger partial charge is 0.507 e. The van der Waals surface area contributed by atoms with Crippen molar-refractivity contribution in [2.24, 2.45) is 11.8 Å². The van der Waals surface area contributed by atoms with Crippen LogP contribution in [0.2, 0.25) is 0 Å². The molecule has 14 aliphatic rings. The van der Waals surface area contributed by atoms with Gasteiger partial charge in [0.05, 0.1) is 121 Å². The molecule has 9 aliphatic heterocycles. The molecular weight excluding hydrogens is 1610 g/mol. The number of aldehydes is 1. The summed E-state index contributed by atoms with van der Waals surface area (Å²) in [7, 11) is 0. The Balaban J connectivity index is 0.000000114. The molecule has 27 heteroatoms. The van der Waals surface area contributed by atoms with Gasteiger partial charge in [-0.05, 0) is 85.6 Å². The Morgan fingerprint density at radius 1 is 0.538 bits per heavy atom. The van der Waals surface area contributed by atoms with Crippen LogP contribution in [0.4, 0.5) is 0 Å². The van der Waals surface area contributed by atoms with Crippen LogP contribution in [0.15, 0.2) is 112 Å². The lowest BCUT2D eigenvalue weighted by atomic mass is 9.70. The predicted molar refractivity (Wildman–Crippen MR) is 394 cm³/mol. The number of carbonyl (C=O) groups is 3. The van der Waals surface area contributed by atoms with E-state index in [2.05, 4.69) is 79.6 Å². The van der Waals surface area contributed by atoms with Crippen molar-refractivity contribution < 1.29 is 95.3 Å². The van der Waals surface area contributed by atoms with Crippen LogP contribution in [0.1, 0.15) is 141 Å². The zero-order valence-corrected chi connectivity index (χ0v) is 63.8. The fourth-order valence-corrected chi connectivity index (χ4v) is 18.0. The van der Waals surface area contributed by atoms with Crippen molar-refractivity contribution in [1.82, 2.24) is 9.80 Å². The maximum atomic E-state index is 12.7. The van der Waals surface area contributed by atoms with Crippen molar-refractivity contribution in [3.63, 3.8) is 0 Å². The molecule has 5 unspecified atom stereocenters. The number of fused-ring (bicyclic) bond motifs is 6. The third-order valence-electron chi connectivity index (χ3n) is 21.9. The van der Waals surface area contributed by atoms with Crippen molar-refractivity contribution in [3.05, 3.63) is 141 Å². The molecule has 10 heterocycles. The fourth-order valence-electron chi connectivity index (χ4n) is 16.5. The van der Waals surface area contributed by atoms with Gasteiger partial charge in [-0.1, -0.05) is 77.2 Å². The minimum absolute atomic E-state index is 0. The lowest BCUT2D eigenvalue weighted by Crippen LogP contribution is -2.67. The van der Waals surface area contributed by atoms with Gasteiger partial charge in [-0.25, -0.2) is 0 Å². The van der Waals surface area contributed by atoms with Crippen LogP contribution in [-0.2, 0) is 74.5 Å². The van der Waals surface area contributed by atoms with Crippen molar-refractivity contribution in [3.8, 4) is 17.2 Å². The van der Waals surface area contributed by atoms with E-state index in [4.69, 9.17) is 75.8 Å². The smallest absolute Gasteiger partial charge is 0.196 e. The number of morpholine rings is 2. The van der Waals surface area contributed by atoms with E-state index >= 15 is 0 Å². The van der Waals surface area contributed by atoms with Crippen LogP contribution in [0, 0.1) is 11.8 Å². The van der Waals surface area contributed by atoms with E-state index in [1.807, 2.05) is 48.5 Å². The third kappa shape index (κ3) is 17.2. The number of aliphatic hydroxyl groups is 1. The highest BCUT2D eigenvalue weighted by atomic mass is 79.9. The summed E-state index contributed by atoms with van der Waals surface area (Å²) in [5.74, 6) is 0.0794. The summed E-state index contributed by atoms with van der Waals surface area (Å²) in [6.07, 6.45) is 14.2. The topological polar surface area (TPSA) is 258 Å². The number of rotatable bonds is 3. The predicted octanol–water partition coefficient (Wildman–Crippen LogP) is 12.8. The molecule has 23 nitrogen and oxygen atoms in total. The maximum absolute atomic E-state index is 12.7. The van der Waals surface area contributed by atoms with Gasteiger partial charge >= 0.3 is 0 Å². The molecule has 5 spiro atoms. The van der Waals surface area contributed by atoms with E-state index in [1.54, 1.807) is 18.2 Å². The standard InChI is InChI=1S/C19H24BrNO5.C15H15BrO4.C15H13BrO4.C12H19NO3.C8H12O3.C7H5BrO2.CH4/c20-13-1-2-16-14(11-13)17(22)15-12-18(24-9-10-25-18)3-4-19(15,26-16)21-5-7-23-8-6-21;2*16-9-1-2-12-10(7-9)14(17)11-8-15(18-5-6-19-15)4-3-13(11)20-12;1-3-12(15-9-10-16-12)4-2-11(1)13-5-7-14-8-6-13;9-7-1-3-8(4-2-7)10-5-6-11-8;8-6-1-2-7(10)5(3-6)4-9;/h1-2,11,15,17,22H,3-10,12H2;1-2,7,11,13H,3-6,8H2;1-2,7H,3-6,8H2;1H,2-10H2;1-6H2;1-4,10H;1H4. The van der Waals surface area contributed by atoms with E-state index in [0.29, 0.717) is 150 Å². The highest BCUT2D eigenvalue weighted by Gasteiger charge is 2.61.